The van der Waals surface area contributed by atoms with E-state index in [1.807, 2.05) is 19.1 Å². The van der Waals surface area contributed by atoms with Crippen molar-refractivity contribution in [2.75, 3.05) is 5.73 Å². The van der Waals surface area contributed by atoms with Gasteiger partial charge in [0.2, 0.25) is 0 Å². The van der Waals surface area contributed by atoms with Crippen molar-refractivity contribution in [2.24, 2.45) is 39.9 Å². The number of aryl methyl sites for hydroxylation is 1. The highest BCUT2D eigenvalue weighted by molar-refractivity contribution is 5.91. The van der Waals surface area contributed by atoms with Crippen molar-refractivity contribution < 1.29 is 9.53 Å². The summed E-state index contributed by atoms with van der Waals surface area (Å²) in [5.74, 6) is 3.16. The van der Waals surface area contributed by atoms with E-state index in [0.717, 1.165) is 42.1 Å². The summed E-state index contributed by atoms with van der Waals surface area (Å²) in [5, 5.41) is 0. The molecule has 0 aromatic heterocycles. The highest BCUT2D eigenvalue weighted by Crippen LogP contribution is 2.68. The minimum Gasteiger partial charge on any atom is -0.458 e. The van der Waals surface area contributed by atoms with Crippen LogP contribution in [0.5, 0.6) is 0 Å². The Morgan fingerprint density at radius 3 is 2.50 bits per heavy atom. The van der Waals surface area contributed by atoms with E-state index < -0.39 is 0 Å². The Hall–Kier alpha value is -1.77. The smallest absolute Gasteiger partial charge is 0.338 e. The van der Waals surface area contributed by atoms with Gasteiger partial charge in [0.1, 0.15) is 6.10 Å². The van der Waals surface area contributed by atoms with E-state index in [1.54, 1.807) is 11.6 Å². The van der Waals surface area contributed by atoms with Gasteiger partial charge in [-0.3, -0.25) is 0 Å². The van der Waals surface area contributed by atoms with Crippen molar-refractivity contribution in [1.29, 1.82) is 0 Å². The van der Waals surface area contributed by atoms with Crippen LogP contribution >= 0.6 is 0 Å². The van der Waals surface area contributed by atoms with E-state index in [1.165, 1.54) is 38.5 Å². The summed E-state index contributed by atoms with van der Waals surface area (Å²) in [6, 6.07) is 5.51. The number of allylic oxidation sites excluding steroid dienone is 1. The molecule has 3 fully saturated rings. The van der Waals surface area contributed by atoms with Crippen LogP contribution in [-0.4, -0.2) is 12.1 Å². The van der Waals surface area contributed by atoms with Gasteiger partial charge in [0.25, 0.3) is 0 Å². The maximum Gasteiger partial charge on any atom is 0.338 e. The van der Waals surface area contributed by atoms with Crippen molar-refractivity contribution in [3.05, 3.63) is 41.0 Å². The van der Waals surface area contributed by atoms with E-state index in [2.05, 4.69) is 40.7 Å². The first-order valence-corrected chi connectivity index (χ1v) is 13.8. The lowest BCUT2D eigenvalue weighted by atomic mass is 9.44. The molecule has 0 heterocycles. The molecule has 0 spiro atoms. The van der Waals surface area contributed by atoms with Gasteiger partial charge < -0.3 is 10.5 Å². The van der Waals surface area contributed by atoms with Crippen LogP contribution in [0.2, 0.25) is 0 Å². The molecule has 7 unspecified atom stereocenters. The van der Waals surface area contributed by atoms with Crippen LogP contribution in [-0.2, 0) is 4.74 Å². The molecule has 0 amide bonds. The number of rotatable bonds is 3. The van der Waals surface area contributed by atoms with Crippen LogP contribution in [0.1, 0.15) is 102 Å². The Morgan fingerprint density at radius 2 is 1.79 bits per heavy atom. The first-order chi connectivity index (χ1) is 16.0. The summed E-state index contributed by atoms with van der Waals surface area (Å²) in [7, 11) is 0. The van der Waals surface area contributed by atoms with Crippen LogP contribution < -0.4 is 5.73 Å². The second kappa shape index (κ2) is 8.14. The normalized spacial score (nSPS) is 40.5. The third-order valence-electron chi connectivity index (χ3n) is 11.2. The Balaban J connectivity index is 1.40. The maximum atomic E-state index is 13.1. The number of anilines is 1. The van der Waals surface area contributed by atoms with Crippen LogP contribution in [0.3, 0.4) is 0 Å². The summed E-state index contributed by atoms with van der Waals surface area (Å²) in [4.78, 5) is 13.1. The average Bonchev–Trinajstić information content (AvgIpc) is 3.11. The Labute approximate surface area is 206 Å². The van der Waals surface area contributed by atoms with Crippen LogP contribution in [0.25, 0.3) is 0 Å². The molecule has 0 bridgehead atoms. The van der Waals surface area contributed by atoms with Crippen LogP contribution in [0.15, 0.2) is 29.8 Å². The number of carbonyl (C=O) groups is 1. The fourth-order valence-corrected chi connectivity index (χ4v) is 9.49. The lowest BCUT2D eigenvalue weighted by Gasteiger charge is -2.61. The predicted octanol–water partition coefficient (Wildman–Crippen LogP) is 7.73. The molecule has 3 heteroatoms. The van der Waals surface area contributed by atoms with Gasteiger partial charge in [-0.25, -0.2) is 4.79 Å². The molecule has 34 heavy (non-hydrogen) atoms. The minimum atomic E-state index is -0.239. The number of nitrogen functional groups attached to an aromatic ring is 1. The third kappa shape index (κ3) is 3.47. The molecule has 3 nitrogen and oxygen atoms in total. The Kier molecular flexibility index (Phi) is 5.73. The molecular weight excluding hydrogens is 418 g/mol. The van der Waals surface area contributed by atoms with Gasteiger partial charge in [0.15, 0.2) is 0 Å². The van der Waals surface area contributed by atoms with E-state index in [0.29, 0.717) is 16.7 Å². The van der Waals surface area contributed by atoms with E-state index >= 15 is 0 Å². The Morgan fingerprint density at radius 1 is 1.03 bits per heavy atom. The number of nitrogens with two attached hydrogens (primary N) is 1. The molecule has 7 atom stereocenters. The second-order valence-electron chi connectivity index (χ2n) is 13.2. The van der Waals surface area contributed by atoms with Crippen LogP contribution in [0, 0.1) is 46.8 Å². The van der Waals surface area contributed by atoms with Crippen LogP contribution in [0.4, 0.5) is 5.69 Å². The quantitative estimate of drug-likeness (QED) is 0.283. The third-order valence-corrected chi connectivity index (χ3v) is 11.2. The van der Waals surface area contributed by atoms with E-state index in [9.17, 15) is 4.79 Å². The topological polar surface area (TPSA) is 52.3 Å². The lowest BCUT2D eigenvalue weighted by Crippen LogP contribution is -2.55. The number of fused-ring (bicyclic) bond motifs is 5. The van der Waals surface area contributed by atoms with Gasteiger partial charge in [0, 0.05) is 11.1 Å². The maximum absolute atomic E-state index is 13.1. The SMILES string of the molecule is CCC1CCC2C3CC=C4C(C)(C)C(OC(=O)c5cc(C)cc(N)c5)CCC4(C)C3CCC12C. The van der Waals surface area contributed by atoms with Gasteiger partial charge in [-0.05, 0) is 110 Å². The van der Waals surface area contributed by atoms with E-state index in [4.69, 9.17) is 10.5 Å². The van der Waals surface area contributed by atoms with Crippen molar-refractivity contribution in [3.63, 3.8) is 0 Å². The number of hydrogen-bond donors (Lipinski definition) is 1. The molecular formula is C31H45NO2. The molecule has 4 aliphatic carbocycles. The number of carbonyl (C=O) groups excluding carboxylic acids is 1. The lowest BCUT2D eigenvalue weighted by molar-refractivity contribution is -0.0791. The molecule has 3 saturated carbocycles. The highest BCUT2D eigenvalue weighted by Gasteiger charge is 2.61. The predicted molar refractivity (Wildman–Crippen MR) is 139 cm³/mol. The fourth-order valence-electron chi connectivity index (χ4n) is 9.49. The zero-order valence-electron chi connectivity index (χ0n) is 22.2. The molecule has 0 saturated heterocycles. The number of hydrogen-bond acceptors (Lipinski definition) is 3. The average molecular weight is 464 g/mol. The van der Waals surface area contributed by atoms with Gasteiger partial charge in [0.05, 0.1) is 5.56 Å². The fraction of sp³-hybridized carbons (Fsp3) is 0.710. The second-order valence-corrected chi connectivity index (χ2v) is 13.2. The first-order valence-electron chi connectivity index (χ1n) is 13.8. The van der Waals surface area contributed by atoms with Crippen molar-refractivity contribution >= 4 is 11.7 Å². The first kappa shape index (κ1) is 23.9. The standard InChI is InChI=1S/C31H45NO2/c1-7-21-8-10-24-23-9-11-26-29(3,4)27(34-28(33)20-16-19(2)17-22(32)18-20)13-15-31(26,6)25(23)12-14-30(21,24)5/h11,16-18,21,23-25,27H,7-10,12-15,32H2,1-6H3. The molecule has 1 aromatic rings. The molecule has 0 aliphatic heterocycles. The van der Waals surface area contributed by atoms with Crippen molar-refractivity contribution in [2.45, 2.75) is 99.0 Å². The summed E-state index contributed by atoms with van der Waals surface area (Å²) in [5.41, 5.74) is 10.4. The molecule has 4 aliphatic rings. The van der Waals surface area contributed by atoms with Crippen molar-refractivity contribution in [3.8, 4) is 0 Å². The van der Waals surface area contributed by atoms with Gasteiger partial charge in [-0.2, -0.15) is 0 Å². The largest absolute Gasteiger partial charge is 0.458 e. The molecule has 0 radical (unpaired) electrons. The number of esters is 1. The number of ether oxygens (including phenoxy) is 1. The molecule has 5 rings (SSSR count). The zero-order chi connectivity index (χ0) is 24.5. The molecule has 2 N–H and O–H groups in total. The minimum absolute atomic E-state index is 0.0950. The van der Waals surface area contributed by atoms with Gasteiger partial charge in [-0.1, -0.05) is 52.7 Å². The van der Waals surface area contributed by atoms with Crippen molar-refractivity contribution in [1.82, 2.24) is 0 Å². The highest BCUT2D eigenvalue weighted by atomic mass is 16.5. The van der Waals surface area contributed by atoms with E-state index in [-0.39, 0.29) is 22.9 Å². The summed E-state index contributed by atoms with van der Waals surface area (Å²) >= 11 is 0. The zero-order valence-corrected chi connectivity index (χ0v) is 22.2. The van der Waals surface area contributed by atoms with Gasteiger partial charge >= 0.3 is 5.97 Å². The monoisotopic (exact) mass is 463 g/mol. The number of benzene rings is 1. The Bertz CT molecular complexity index is 988. The molecule has 186 valence electrons. The summed E-state index contributed by atoms with van der Waals surface area (Å²) in [6.07, 6.45) is 12.7. The summed E-state index contributed by atoms with van der Waals surface area (Å²) in [6.45, 7) is 14.2. The molecule has 1 aromatic carbocycles. The summed E-state index contributed by atoms with van der Waals surface area (Å²) < 4.78 is 6.21. The van der Waals surface area contributed by atoms with Gasteiger partial charge in [-0.15, -0.1) is 0 Å².